The summed E-state index contributed by atoms with van der Waals surface area (Å²) in [5, 5.41) is 2.91. The van der Waals surface area contributed by atoms with Crippen molar-refractivity contribution >= 4 is 5.91 Å². The number of carbonyl (C=O) groups excluding carboxylic acids is 1. The lowest BCUT2D eigenvalue weighted by Crippen LogP contribution is -2.44. The number of amides is 1. The van der Waals surface area contributed by atoms with Crippen LogP contribution in [-0.4, -0.2) is 42.0 Å². The Kier molecular flexibility index (Phi) is 5.16. The second-order valence-corrected chi connectivity index (χ2v) is 7.10. The molecule has 1 aromatic heterocycles. The summed E-state index contributed by atoms with van der Waals surface area (Å²) in [5.41, 5.74) is 0.809. The molecule has 1 aromatic rings. The van der Waals surface area contributed by atoms with E-state index in [9.17, 15) is 9.59 Å². The zero-order valence-electron chi connectivity index (χ0n) is 13.8. The van der Waals surface area contributed by atoms with Crippen LogP contribution in [0.1, 0.15) is 55.3 Å². The SMILES string of the molecule is O=C(NCCN1CCC2(CCCCC2)CC1)c1cc[nH]c(=O)c1. The van der Waals surface area contributed by atoms with Gasteiger partial charge in [-0.1, -0.05) is 19.3 Å². The number of piperidine rings is 1. The third-order valence-electron chi connectivity index (χ3n) is 5.58. The Hall–Kier alpha value is -1.62. The molecule has 0 unspecified atom stereocenters. The third-order valence-corrected chi connectivity index (χ3v) is 5.58. The van der Waals surface area contributed by atoms with Crippen molar-refractivity contribution in [2.75, 3.05) is 26.2 Å². The zero-order valence-corrected chi connectivity index (χ0v) is 13.8. The topological polar surface area (TPSA) is 65.2 Å². The first-order valence-electron chi connectivity index (χ1n) is 8.86. The highest BCUT2D eigenvalue weighted by molar-refractivity contribution is 5.93. The number of nitrogens with zero attached hydrogens (tertiary/aromatic N) is 1. The molecule has 0 radical (unpaired) electrons. The van der Waals surface area contributed by atoms with E-state index in [0.29, 0.717) is 17.5 Å². The van der Waals surface area contributed by atoms with E-state index < -0.39 is 0 Å². The van der Waals surface area contributed by atoms with Gasteiger partial charge in [-0.3, -0.25) is 9.59 Å². The van der Waals surface area contributed by atoms with Gasteiger partial charge in [0.1, 0.15) is 0 Å². The minimum Gasteiger partial charge on any atom is -0.351 e. The van der Waals surface area contributed by atoms with Gasteiger partial charge in [0.2, 0.25) is 5.56 Å². The Morgan fingerprint density at radius 2 is 1.91 bits per heavy atom. The van der Waals surface area contributed by atoms with Crippen molar-refractivity contribution in [3.05, 3.63) is 34.2 Å². The molecule has 0 atom stereocenters. The molecule has 2 N–H and O–H groups in total. The predicted molar refractivity (Wildman–Crippen MR) is 90.6 cm³/mol. The van der Waals surface area contributed by atoms with Gasteiger partial charge in [-0.05, 0) is 50.3 Å². The van der Waals surface area contributed by atoms with Crippen LogP contribution in [0.3, 0.4) is 0 Å². The van der Waals surface area contributed by atoms with Gasteiger partial charge >= 0.3 is 0 Å². The highest BCUT2D eigenvalue weighted by Crippen LogP contribution is 2.44. The summed E-state index contributed by atoms with van der Waals surface area (Å²) in [6.07, 6.45) is 11.2. The number of carbonyl (C=O) groups is 1. The van der Waals surface area contributed by atoms with Crippen LogP contribution < -0.4 is 10.9 Å². The lowest BCUT2D eigenvalue weighted by Gasteiger charge is -2.44. The molecular weight excluding hydrogens is 290 g/mol. The molecular formula is C18H27N3O2. The van der Waals surface area contributed by atoms with Gasteiger partial charge in [0.05, 0.1) is 0 Å². The Morgan fingerprint density at radius 3 is 2.61 bits per heavy atom. The fourth-order valence-electron chi connectivity index (χ4n) is 4.07. The molecule has 0 aromatic carbocycles. The number of rotatable bonds is 4. The Bertz CT molecular complexity index is 580. The summed E-state index contributed by atoms with van der Waals surface area (Å²) < 4.78 is 0. The van der Waals surface area contributed by atoms with E-state index in [-0.39, 0.29) is 11.5 Å². The van der Waals surface area contributed by atoms with Crippen molar-refractivity contribution in [2.24, 2.45) is 5.41 Å². The van der Waals surface area contributed by atoms with E-state index in [1.165, 1.54) is 57.2 Å². The van der Waals surface area contributed by atoms with Gasteiger partial charge in [-0.15, -0.1) is 0 Å². The molecule has 0 bridgehead atoms. The molecule has 1 spiro atoms. The first kappa shape index (κ1) is 16.2. The average Bonchev–Trinajstić information content (AvgIpc) is 2.57. The number of nitrogens with one attached hydrogen (secondary N) is 2. The molecule has 5 nitrogen and oxygen atoms in total. The van der Waals surface area contributed by atoms with E-state index in [1.807, 2.05) is 0 Å². The number of pyridine rings is 1. The van der Waals surface area contributed by atoms with Gasteiger partial charge in [0.25, 0.3) is 5.91 Å². The smallest absolute Gasteiger partial charge is 0.251 e. The summed E-state index contributed by atoms with van der Waals surface area (Å²) in [6, 6.07) is 2.97. The van der Waals surface area contributed by atoms with Crippen molar-refractivity contribution in [3.63, 3.8) is 0 Å². The van der Waals surface area contributed by atoms with Gasteiger partial charge < -0.3 is 15.2 Å². The Labute approximate surface area is 137 Å². The summed E-state index contributed by atoms with van der Waals surface area (Å²) >= 11 is 0. The molecule has 5 heteroatoms. The van der Waals surface area contributed by atoms with E-state index >= 15 is 0 Å². The molecule has 1 aliphatic heterocycles. The normalized spacial score (nSPS) is 21.2. The molecule has 1 aliphatic carbocycles. The van der Waals surface area contributed by atoms with Crippen LogP contribution in [0, 0.1) is 5.41 Å². The highest BCUT2D eigenvalue weighted by Gasteiger charge is 2.35. The van der Waals surface area contributed by atoms with Crippen molar-refractivity contribution in [1.82, 2.24) is 15.2 Å². The number of aromatic nitrogens is 1. The lowest BCUT2D eigenvalue weighted by molar-refractivity contribution is 0.0673. The van der Waals surface area contributed by atoms with Crippen LogP contribution in [0.5, 0.6) is 0 Å². The quantitative estimate of drug-likeness (QED) is 0.894. The Morgan fingerprint density at radius 1 is 1.17 bits per heavy atom. The maximum Gasteiger partial charge on any atom is 0.251 e. The maximum absolute atomic E-state index is 12.0. The molecule has 23 heavy (non-hydrogen) atoms. The molecule has 1 saturated heterocycles. The molecule has 2 aliphatic rings. The molecule has 3 rings (SSSR count). The largest absolute Gasteiger partial charge is 0.351 e. The minimum atomic E-state index is -0.244. The van der Waals surface area contributed by atoms with Crippen LogP contribution >= 0.6 is 0 Å². The van der Waals surface area contributed by atoms with E-state index in [0.717, 1.165) is 19.6 Å². The molecule has 126 valence electrons. The van der Waals surface area contributed by atoms with Crippen LogP contribution in [0.2, 0.25) is 0 Å². The van der Waals surface area contributed by atoms with Crippen molar-refractivity contribution < 1.29 is 4.79 Å². The summed E-state index contributed by atoms with van der Waals surface area (Å²) in [4.78, 5) is 28.2. The fraction of sp³-hybridized carbons (Fsp3) is 0.667. The molecule has 2 fully saturated rings. The van der Waals surface area contributed by atoms with Crippen LogP contribution in [0.25, 0.3) is 0 Å². The van der Waals surface area contributed by atoms with Crippen molar-refractivity contribution in [3.8, 4) is 0 Å². The van der Waals surface area contributed by atoms with Gasteiger partial charge in [0.15, 0.2) is 0 Å². The number of H-pyrrole nitrogens is 1. The van der Waals surface area contributed by atoms with Gasteiger partial charge in [0, 0.05) is 30.9 Å². The molecule has 2 heterocycles. The first-order valence-corrected chi connectivity index (χ1v) is 8.86. The van der Waals surface area contributed by atoms with Gasteiger partial charge in [-0.2, -0.15) is 0 Å². The minimum absolute atomic E-state index is 0.170. The van der Waals surface area contributed by atoms with E-state index in [2.05, 4.69) is 15.2 Å². The standard InChI is InChI=1S/C18H27N3O2/c22-16-14-15(4-9-19-16)17(23)20-10-13-21-11-7-18(8-12-21)5-2-1-3-6-18/h4,9,14H,1-3,5-8,10-13H2,(H,19,22)(H,20,23). The van der Waals surface area contributed by atoms with Crippen LogP contribution in [0.4, 0.5) is 0 Å². The lowest BCUT2D eigenvalue weighted by atomic mass is 9.68. The van der Waals surface area contributed by atoms with Crippen molar-refractivity contribution in [2.45, 2.75) is 44.9 Å². The van der Waals surface area contributed by atoms with Crippen LogP contribution in [0.15, 0.2) is 23.1 Å². The summed E-state index contributed by atoms with van der Waals surface area (Å²) in [6.45, 7) is 3.84. The summed E-state index contributed by atoms with van der Waals surface area (Å²) in [7, 11) is 0. The Balaban J connectivity index is 1.40. The van der Waals surface area contributed by atoms with E-state index in [4.69, 9.17) is 0 Å². The van der Waals surface area contributed by atoms with Crippen molar-refractivity contribution in [1.29, 1.82) is 0 Å². The van der Waals surface area contributed by atoms with Crippen LogP contribution in [-0.2, 0) is 0 Å². The highest BCUT2D eigenvalue weighted by atomic mass is 16.2. The number of likely N-dealkylation sites (tertiary alicyclic amines) is 1. The maximum atomic E-state index is 12.0. The molecule has 1 amide bonds. The van der Waals surface area contributed by atoms with E-state index in [1.54, 1.807) is 6.07 Å². The van der Waals surface area contributed by atoms with Gasteiger partial charge in [-0.25, -0.2) is 0 Å². The predicted octanol–water partition coefficient (Wildman–Crippen LogP) is 2.15. The zero-order chi connectivity index (χ0) is 16.1. The number of hydrogen-bond donors (Lipinski definition) is 2. The summed E-state index contributed by atoms with van der Waals surface area (Å²) in [5.74, 6) is -0.170. The second kappa shape index (κ2) is 7.30. The second-order valence-electron chi connectivity index (χ2n) is 7.10. The number of hydrogen-bond acceptors (Lipinski definition) is 3. The number of aromatic amines is 1. The first-order chi connectivity index (χ1) is 11.2. The third kappa shape index (κ3) is 4.22. The fourth-order valence-corrected chi connectivity index (χ4v) is 4.07. The average molecular weight is 317 g/mol. The molecule has 1 saturated carbocycles. The monoisotopic (exact) mass is 317 g/mol.